The number of hydrogen-bond acceptors (Lipinski definition) is 1. The van der Waals surface area contributed by atoms with Crippen molar-refractivity contribution in [1.82, 2.24) is 0 Å². The van der Waals surface area contributed by atoms with Gasteiger partial charge in [0.15, 0.2) is 23.3 Å². The van der Waals surface area contributed by atoms with Crippen LogP contribution in [-0.4, -0.2) is 5.78 Å². The number of ketones is 1. The summed E-state index contributed by atoms with van der Waals surface area (Å²) in [5, 5.41) is 0. The molecule has 0 aliphatic carbocycles. The predicted octanol–water partition coefficient (Wildman–Crippen LogP) is 3.89. The zero-order valence-electron chi connectivity index (χ0n) is 9.79. The van der Waals surface area contributed by atoms with Gasteiger partial charge in [-0.2, -0.15) is 0 Å². The predicted molar refractivity (Wildman–Crippen MR) is 56.0 cm³/mol. The normalized spacial score (nSPS) is 10.8. The average Bonchev–Trinajstić information content (AvgIpc) is 2.43. The molecule has 8 heteroatoms. The highest BCUT2D eigenvalue weighted by atomic mass is 19.2. The van der Waals surface area contributed by atoms with E-state index >= 15 is 0 Å². The number of carbonyl (C=O) groups is 1. The summed E-state index contributed by atoms with van der Waals surface area (Å²) in [5.74, 6) is -16.3. The Morgan fingerprint density at radius 1 is 0.714 bits per heavy atom. The zero-order chi connectivity index (χ0) is 15.9. The van der Waals surface area contributed by atoms with Crippen LogP contribution in [0.15, 0.2) is 18.2 Å². The van der Waals surface area contributed by atoms with Crippen molar-refractivity contribution >= 4 is 5.78 Å². The second-order valence-corrected chi connectivity index (χ2v) is 3.90. The Balaban J connectivity index is 2.70. The molecular weight excluding hydrogens is 305 g/mol. The van der Waals surface area contributed by atoms with Crippen molar-refractivity contribution in [2.75, 3.05) is 0 Å². The maximum Gasteiger partial charge on any atom is 0.202 e. The standard InChI is InChI=1S/C13H3F7O/c14-4-1-2-5(6(15)3-4)13(21)7-8(16)10(18)12(20)11(19)9(7)17/h1-3H. The van der Waals surface area contributed by atoms with Crippen LogP contribution in [0.3, 0.4) is 0 Å². The fraction of sp³-hybridized carbons (Fsp3) is 0. The van der Waals surface area contributed by atoms with Crippen LogP contribution < -0.4 is 0 Å². The van der Waals surface area contributed by atoms with Crippen LogP contribution in [0.4, 0.5) is 30.7 Å². The number of benzene rings is 2. The van der Waals surface area contributed by atoms with Gasteiger partial charge in [-0.3, -0.25) is 4.79 Å². The van der Waals surface area contributed by atoms with E-state index in [4.69, 9.17) is 0 Å². The molecule has 0 N–H and O–H groups in total. The quantitative estimate of drug-likeness (QED) is 0.356. The molecular formula is C13H3F7O. The fourth-order valence-corrected chi connectivity index (χ4v) is 1.61. The first-order valence-electron chi connectivity index (χ1n) is 5.27. The molecule has 1 nitrogen and oxygen atoms in total. The Morgan fingerprint density at radius 2 is 1.19 bits per heavy atom. The lowest BCUT2D eigenvalue weighted by atomic mass is 10.0. The van der Waals surface area contributed by atoms with Crippen LogP contribution in [0.25, 0.3) is 0 Å². The topological polar surface area (TPSA) is 17.1 Å². The van der Waals surface area contributed by atoms with Crippen molar-refractivity contribution in [3.63, 3.8) is 0 Å². The molecule has 0 spiro atoms. The van der Waals surface area contributed by atoms with Crippen LogP contribution in [0.1, 0.15) is 15.9 Å². The SMILES string of the molecule is O=C(c1ccc(F)cc1F)c1c(F)c(F)c(F)c(F)c1F. The summed E-state index contributed by atoms with van der Waals surface area (Å²) in [6.45, 7) is 0. The Hall–Kier alpha value is -2.38. The molecule has 0 radical (unpaired) electrons. The molecule has 2 aromatic carbocycles. The van der Waals surface area contributed by atoms with Crippen molar-refractivity contribution in [2.45, 2.75) is 0 Å². The van der Waals surface area contributed by atoms with Gasteiger partial charge in [0.05, 0.1) is 5.56 Å². The molecule has 0 aliphatic rings. The van der Waals surface area contributed by atoms with Gasteiger partial charge in [0.1, 0.15) is 17.2 Å². The summed E-state index contributed by atoms with van der Waals surface area (Å²) >= 11 is 0. The second kappa shape index (κ2) is 5.19. The van der Waals surface area contributed by atoms with E-state index < -0.39 is 57.6 Å². The van der Waals surface area contributed by atoms with Gasteiger partial charge >= 0.3 is 0 Å². The Bertz CT molecular complexity index is 726. The summed E-state index contributed by atoms with van der Waals surface area (Å²) in [5.41, 5.74) is -2.84. The van der Waals surface area contributed by atoms with E-state index in [2.05, 4.69) is 0 Å². The first-order chi connectivity index (χ1) is 9.75. The molecule has 0 fully saturated rings. The van der Waals surface area contributed by atoms with E-state index in [0.29, 0.717) is 12.1 Å². The van der Waals surface area contributed by atoms with Crippen LogP contribution in [-0.2, 0) is 0 Å². The number of rotatable bonds is 2. The number of halogens is 7. The highest BCUT2D eigenvalue weighted by molar-refractivity contribution is 6.09. The molecule has 2 aromatic rings. The van der Waals surface area contributed by atoms with Gasteiger partial charge in [-0.1, -0.05) is 0 Å². The largest absolute Gasteiger partial charge is 0.288 e. The van der Waals surface area contributed by atoms with E-state index in [1.807, 2.05) is 0 Å². The summed E-state index contributed by atoms with van der Waals surface area (Å²) in [6, 6.07) is 1.37. The lowest BCUT2D eigenvalue weighted by Crippen LogP contribution is -2.14. The van der Waals surface area contributed by atoms with Gasteiger partial charge in [-0.25, -0.2) is 30.7 Å². The number of hydrogen-bond donors (Lipinski definition) is 0. The first kappa shape index (κ1) is 15.0. The second-order valence-electron chi connectivity index (χ2n) is 3.90. The minimum absolute atomic E-state index is 0.235. The zero-order valence-corrected chi connectivity index (χ0v) is 9.79. The van der Waals surface area contributed by atoms with Gasteiger partial charge in [0, 0.05) is 6.07 Å². The molecule has 0 aromatic heterocycles. The monoisotopic (exact) mass is 308 g/mol. The molecule has 0 atom stereocenters. The van der Waals surface area contributed by atoms with Crippen molar-refractivity contribution in [2.24, 2.45) is 0 Å². The molecule has 110 valence electrons. The third-order valence-electron chi connectivity index (χ3n) is 2.61. The van der Waals surface area contributed by atoms with Gasteiger partial charge in [-0.15, -0.1) is 0 Å². The third kappa shape index (κ3) is 2.37. The van der Waals surface area contributed by atoms with Gasteiger partial charge < -0.3 is 0 Å². The van der Waals surface area contributed by atoms with Crippen LogP contribution >= 0.6 is 0 Å². The van der Waals surface area contributed by atoms with E-state index in [1.165, 1.54) is 0 Å². The van der Waals surface area contributed by atoms with E-state index in [-0.39, 0.29) is 6.07 Å². The summed E-state index contributed by atoms with van der Waals surface area (Å²) < 4.78 is 91.7. The van der Waals surface area contributed by atoms with Crippen molar-refractivity contribution in [3.8, 4) is 0 Å². The van der Waals surface area contributed by atoms with Crippen LogP contribution in [0.2, 0.25) is 0 Å². The Labute approximate surface area is 112 Å². The van der Waals surface area contributed by atoms with Crippen LogP contribution in [0.5, 0.6) is 0 Å². The molecule has 2 rings (SSSR count). The third-order valence-corrected chi connectivity index (χ3v) is 2.61. The lowest BCUT2D eigenvalue weighted by molar-refractivity contribution is 0.102. The molecule has 0 unspecified atom stereocenters. The van der Waals surface area contributed by atoms with Gasteiger partial charge in [-0.05, 0) is 12.1 Å². The molecule has 0 saturated heterocycles. The van der Waals surface area contributed by atoms with Crippen molar-refractivity contribution in [3.05, 3.63) is 70.0 Å². The van der Waals surface area contributed by atoms with Crippen LogP contribution in [0, 0.1) is 40.7 Å². The Kier molecular flexibility index (Phi) is 3.71. The molecule has 0 aliphatic heterocycles. The molecule has 0 amide bonds. The first-order valence-corrected chi connectivity index (χ1v) is 5.27. The molecule has 0 heterocycles. The summed E-state index contributed by atoms with van der Waals surface area (Å²) in [6.07, 6.45) is 0. The lowest BCUT2D eigenvalue weighted by Gasteiger charge is -2.08. The Morgan fingerprint density at radius 3 is 1.67 bits per heavy atom. The van der Waals surface area contributed by atoms with Gasteiger partial charge in [0.25, 0.3) is 0 Å². The molecule has 0 bridgehead atoms. The maximum absolute atomic E-state index is 13.4. The molecule has 21 heavy (non-hydrogen) atoms. The van der Waals surface area contributed by atoms with Crippen molar-refractivity contribution < 1.29 is 35.5 Å². The fourth-order valence-electron chi connectivity index (χ4n) is 1.61. The van der Waals surface area contributed by atoms with E-state index in [0.717, 1.165) is 0 Å². The summed E-state index contributed by atoms with van der Waals surface area (Å²) in [7, 11) is 0. The van der Waals surface area contributed by atoms with E-state index in [1.54, 1.807) is 0 Å². The van der Waals surface area contributed by atoms with Gasteiger partial charge in [0.2, 0.25) is 11.6 Å². The highest BCUT2D eigenvalue weighted by Gasteiger charge is 2.31. The highest BCUT2D eigenvalue weighted by Crippen LogP contribution is 2.26. The van der Waals surface area contributed by atoms with E-state index in [9.17, 15) is 35.5 Å². The minimum atomic E-state index is -2.44. The average molecular weight is 308 g/mol. The molecule has 0 saturated carbocycles. The maximum atomic E-state index is 13.4. The number of carbonyl (C=O) groups excluding carboxylic acids is 1. The van der Waals surface area contributed by atoms with Crippen molar-refractivity contribution in [1.29, 1.82) is 0 Å². The minimum Gasteiger partial charge on any atom is -0.288 e. The smallest absolute Gasteiger partial charge is 0.202 e. The summed E-state index contributed by atoms with van der Waals surface area (Å²) in [4.78, 5) is 11.7.